The fourth-order valence-electron chi connectivity index (χ4n) is 2.28. The third-order valence-corrected chi connectivity index (χ3v) is 4.16. The van der Waals surface area contributed by atoms with Gasteiger partial charge >= 0.3 is 0 Å². The summed E-state index contributed by atoms with van der Waals surface area (Å²) in [5.74, 6) is 0.541. The SMILES string of the molecule is Cc1ccc(NC(CN)c2ccc(C(C)C)cc2)cc1Cl. The Morgan fingerprint density at radius 3 is 2.19 bits per heavy atom. The number of nitrogens with one attached hydrogen (secondary N) is 1. The first-order valence-corrected chi connectivity index (χ1v) is 7.71. The molecule has 21 heavy (non-hydrogen) atoms. The van der Waals surface area contributed by atoms with Crippen LogP contribution in [0.1, 0.15) is 42.5 Å². The van der Waals surface area contributed by atoms with Gasteiger partial charge in [-0.25, -0.2) is 0 Å². The van der Waals surface area contributed by atoms with Crippen LogP contribution in [0.4, 0.5) is 5.69 Å². The van der Waals surface area contributed by atoms with Crippen LogP contribution in [-0.4, -0.2) is 6.54 Å². The molecule has 2 nitrogen and oxygen atoms in total. The maximum absolute atomic E-state index is 6.17. The van der Waals surface area contributed by atoms with Crippen molar-refractivity contribution in [2.45, 2.75) is 32.7 Å². The predicted octanol–water partition coefficient (Wildman–Crippen LogP) is 4.88. The Labute approximate surface area is 132 Å². The summed E-state index contributed by atoms with van der Waals surface area (Å²) in [7, 11) is 0. The van der Waals surface area contributed by atoms with Crippen LogP contribution in [0.25, 0.3) is 0 Å². The molecule has 0 aliphatic rings. The van der Waals surface area contributed by atoms with E-state index in [1.807, 2.05) is 25.1 Å². The van der Waals surface area contributed by atoms with Crippen LogP contribution in [0.3, 0.4) is 0 Å². The lowest BCUT2D eigenvalue weighted by Crippen LogP contribution is -2.20. The van der Waals surface area contributed by atoms with Gasteiger partial charge in [0.1, 0.15) is 0 Å². The molecule has 2 aromatic carbocycles. The van der Waals surface area contributed by atoms with Crippen molar-refractivity contribution in [2.24, 2.45) is 5.73 Å². The van der Waals surface area contributed by atoms with Crippen molar-refractivity contribution in [3.8, 4) is 0 Å². The van der Waals surface area contributed by atoms with E-state index in [0.29, 0.717) is 12.5 Å². The second-order valence-corrected chi connectivity index (χ2v) is 6.13. The van der Waals surface area contributed by atoms with Gasteiger partial charge in [0.15, 0.2) is 0 Å². The Morgan fingerprint density at radius 2 is 1.67 bits per heavy atom. The summed E-state index contributed by atoms with van der Waals surface area (Å²) in [5.41, 5.74) is 10.5. The van der Waals surface area contributed by atoms with Gasteiger partial charge in [-0.3, -0.25) is 0 Å². The minimum absolute atomic E-state index is 0.0879. The predicted molar refractivity (Wildman–Crippen MR) is 92.1 cm³/mol. The van der Waals surface area contributed by atoms with Crippen molar-refractivity contribution in [3.05, 3.63) is 64.2 Å². The van der Waals surface area contributed by atoms with Gasteiger partial charge in [0.25, 0.3) is 0 Å². The van der Waals surface area contributed by atoms with E-state index < -0.39 is 0 Å². The minimum Gasteiger partial charge on any atom is -0.377 e. The van der Waals surface area contributed by atoms with Crippen LogP contribution < -0.4 is 11.1 Å². The van der Waals surface area contributed by atoms with Crippen molar-refractivity contribution in [2.75, 3.05) is 11.9 Å². The number of benzene rings is 2. The van der Waals surface area contributed by atoms with E-state index in [4.69, 9.17) is 17.3 Å². The Bertz CT molecular complexity index is 591. The van der Waals surface area contributed by atoms with Crippen LogP contribution in [-0.2, 0) is 0 Å². The van der Waals surface area contributed by atoms with Gasteiger partial charge in [-0.05, 0) is 41.7 Å². The average molecular weight is 303 g/mol. The number of anilines is 1. The van der Waals surface area contributed by atoms with E-state index in [-0.39, 0.29) is 6.04 Å². The third-order valence-electron chi connectivity index (χ3n) is 3.75. The van der Waals surface area contributed by atoms with E-state index in [1.54, 1.807) is 0 Å². The summed E-state index contributed by atoms with van der Waals surface area (Å²) in [4.78, 5) is 0. The summed E-state index contributed by atoms with van der Waals surface area (Å²) in [5, 5.41) is 4.22. The lowest BCUT2D eigenvalue weighted by Gasteiger charge is -2.20. The fourth-order valence-corrected chi connectivity index (χ4v) is 2.46. The number of aryl methyl sites for hydroxylation is 1. The van der Waals surface area contributed by atoms with Crippen LogP contribution in [0.2, 0.25) is 5.02 Å². The van der Waals surface area contributed by atoms with Crippen LogP contribution in [0, 0.1) is 6.92 Å². The number of hydrogen-bond donors (Lipinski definition) is 2. The number of rotatable bonds is 5. The van der Waals surface area contributed by atoms with Crippen LogP contribution in [0.15, 0.2) is 42.5 Å². The molecular weight excluding hydrogens is 280 g/mol. The normalized spacial score (nSPS) is 12.5. The summed E-state index contributed by atoms with van der Waals surface area (Å²) < 4.78 is 0. The van der Waals surface area contributed by atoms with Crippen molar-refractivity contribution in [1.29, 1.82) is 0 Å². The molecule has 0 aliphatic heterocycles. The molecule has 0 bridgehead atoms. The highest BCUT2D eigenvalue weighted by molar-refractivity contribution is 6.31. The molecule has 0 amide bonds. The molecule has 0 radical (unpaired) electrons. The third kappa shape index (κ3) is 3.99. The molecule has 0 aromatic heterocycles. The van der Waals surface area contributed by atoms with Crippen molar-refractivity contribution < 1.29 is 0 Å². The molecule has 2 aromatic rings. The quantitative estimate of drug-likeness (QED) is 0.825. The molecule has 3 N–H and O–H groups in total. The molecule has 0 heterocycles. The highest BCUT2D eigenvalue weighted by Crippen LogP contribution is 2.25. The molecular formula is C18H23ClN2. The van der Waals surface area contributed by atoms with Crippen LogP contribution in [0.5, 0.6) is 0 Å². The van der Waals surface area contributed by atoms with Gasteiger partial charge in [-0.1, -0.05) is 55.8 Å². The minimum atomic E-state index is 0.0879. The average Bonchev–Trinajstić information content (AvgIpc) is 2.48. The Morgan fingerprint density at radius 1 is 1.05 bits per heavy atom. The van der Waals surface area contributed by atoms with Gasteiger partial charge in [-0.2, -0.15) is 0 Å². The molecule has 0 spiro atoms. The number of hydrogen-bond acceptors (Lipinski definition) is 2. The zero-order valence-corrected chi connectivity index (χ0v) is 13.6. The van der Waals surface area contributed by atoms with Crippen molar-refractivity contribution in [3.63, 3.8) is 0 Å². The van der Waals surface area contributed by atoms with E-state index in [0.717, 1.165) is 16.3 Å². The smallest absolute Gasteiger partial charge is 0.0636 e. The van der Waals surface area contributed by atoms with Crippen molar-refractivity contribution in [1.82, 2.24) is 0 Å². The molecule has 1 unspecified atom stereocenters. The Kier molecular flexibility index (Phi) is 5.27. The first-order valence-electron chi connectivity index (χ1n) is 7.34. The summed E-state index contributed by atoms with van der Waals surface area (Å²) in [6.07, 6.45) is 0. The first kappa shape index (κ1) is 15.9. The monoisotopic (exact) mass is 302 g/mol. The molecule has 0 saturated carbocycles. The summed E-state index contributed by atoms with van der Waals surface area (Å²) in [6, 6.07) is 14.7. The van der Waals surface area contributed by atoms with Gasteiger partial charge in [-0.15, -0.1) is 0 Å². The second kappa shape index (κ2) is 6.97. The number of halogens is 1. The van der Waals surface area contributed by atoms with Gasteiger partial charge in [0, 0.05) is 17.3 Å². The maximum Gasteiger partial charge on any atom is 0.0636 e. The Hall–Kier alpha value is -1.51. The zero-order chi connectivity index (χ0) is 15.4. The van der Waals surface area contributed by atoms with Gasteiger partial charge < -0.3 is 11.1 Å². The molecule has 0 aliphatic carbocycles. The largest absolute Gasteiger partial charge is 0.377 e. The van der Waals surface area contributed by atoms with Crippen LogP contribution >= 0.6 is 11.6 Å². The lowest BCUT2D eigenvalue weighted by molar-refractivity contribution is 0.786. The van der Waals surface area contributed by atoms with E-state index >= 15 is 0 Å². The highest BCUT2D eigenvalue weighted by Gasteiger charge is 2.10. The topological polar surface area (TPSA) is 38.0 Å². The highest BCUT2D eigenvalue weighted by atomic mass is 35.5. The van der Waals surface area contributed by atoms with Crippen molar-refractivity contribution >= 4 is 17.3 Å². The molecule has 2 rings (SSSR count). The second-order valence-electron chi connectivity index (χ2n) is 5.72. The molecule has 1 atom stereocenters. The van der Waals surface area contributed by atoms with Gasteiger partial charge in [0.05, 0.1) is 6.04 Å². The molecule has 112 valence electrons. The molecule has 3 heteroatoms. The first-order chi connectivity index (χ1) is 10.0. The van der Waals surface area contributed by atoms with E-state index in [1.165, 1.54) is 11.1 Å². The lowest BCUT2D eigenvalue weighted by atomic mass is 9.99. The van der Waals surface area contributed by atoms with E-state index in [9.17, 15) is 0 Å². The zero-order valence-electron chi connectivity index (χ0n) is 12.9. The molecule has 0 fully saturated rings. The van der Waals surface area contributed by atoms with Gasteiger partial charge in [0.2, 0.25) is 0 Å². The maximum atomic E-state index is 6.17. The fraction of sp³-hybridized carbons (Fsp3) is 0.333. The summed E-state index contributed by atoms with van der Waals surface area (Å²) in [6.45, 7) is 6.92. The standard InChI is InChI=1S/C18H23ClN2/c1-12(2)14-5-7-15(8-6-14)18(11-20)21-16-9-4-13(3)17(19)10-16/h4-10,12,18,21H,11,20H2,1-3H3. The Balaban J connectivity index is 2.17. The van der Waals surface area contributed by atoms with E-state index in [2.05, 4.69) is 43.4 Å². The number of nitrogens with two attached hydrogens (primary N) is 1. The molecule has 0 saturated heterocycles. The summed E-state index contributed by atoms with van der Waals surface area (Å²) >= 11 is 6.17.